The van der Waals surface area contributed by atoms with Crippen LogP contribution in [0.5, 0.6) is 0 Å². The van der Waals surface area contributed by atoms with Crippen molar-refractivity contribution in [1.82, 2.24) is 0 Å². The summed E-state index contributed by atoms with van der Waals surface area (Å²) in [5.74, 6) is -0.404. The zero-order valence-corrected chi connectivity index (χ0v) is 10.7. The van der Waals surface area contributed by atoms with Crippen LogP contribution in [-0.2, 0) is 4.79 Å². The molecule has 2 aromatic rings. The molecule has 0 aliphatic heterocycles. The topological polar surface area (TPSA) is 71.3 Å². The van der Waals surface area contributed by atoms with Crippen molar-refractivity contribution in [3.8, 4) is 0 Å². The Hall–Kier alpha value is -2.56. The molecule has 5 heteroatoms. The average molecular weight is 258 g/mol. The lowest BCUT2D eigenvalue weighted by atomic mass is 10.1. The molecule has 0 unspecified atom stereocenters. The van der Waals surface area contributed by atoms with E-state index in [2.05, 4.69) is 10.6 Å². The number of hydrogen-bond acceptors (Lipinski definition) is 3. The van der Waals surface area contributed by atoms with Crippen molar-refractivity contribution < 1.29 is 14.0 Å². The standard InChI is InChI=1S/C14H14N2O3/c1-9-12(15-10(2)17)4-3-5-13(9)16-14(18)11-6-7-19-8-11/h3-8H,1-2H3,(H,15,17)(H,16,18). The number of nitrogens with one attached hydrogen (secondary N) is 2. The zero-order valence-electron chi connectivity index (χ0n) is 10.7. The van der Waals surface area contributed by atoms with Gasteiger partial charge in [0.2, 0.25) is 5.91 Å². The summed E-state index contributed by atoms with van der Waals surface area (Å²) < 4.78 is 4.86. The van der Waals surface area contributed by atoms with Crippen LogP contribution in [-0.4, -0.2) is 11.8 Å². The molecule has 0 fully saturated rings. The highest BCUT2D eigenvalue weighted by Gasteiger charge is 2.10. The molecule has 0 atom stereocenters. The third kappa shape index (κ3) is 3.01. The molecule has 0 aliphatic carbocycles. The highest BCUT2D eigenvalue weighted by atomic mass is 16.3. The van der Waals surface area contributed by atoms with Gasteiger partial charge in [0.15, 0.2) is 0 Å². The van der Waals surface area contributed by atoms with Crippen molar-refractivity contribution in [3.63, 3.8) is 0 Å². The maximum atomic E-state index is 11.9. The first-order chi connectivity index (χ1) is 9.08. The number of hydrogen-bond donors (Lipinski definition) is 2. The highest BCUT2D eigenvalue weighted by Crippen LogP contribution is 2.23. The Kier molecular flexibility index (Phi) is 3.66. The molecule has 19 heavy (non-hydrogen) atoms. The molecule has 0 saturated heterocycles. The first-order valence-electron chi connectivity index (χ1n) is 5.78. The van der Waals surface area contributed by atoms with E-state index < -0.39 is 0 Å². The summed E-state index contributed by atoms with van der Waals surface area (Å²) in [6, 6.07) is 6.91. The summed E-state index contributed by atoms with van der Waals surface area (Å²) in [6.07, 6.45) is 2.82. The Morgan fingerprint density at radius 2 is 1.79 bits per heavy atom. The summed E-state index contributed by atoms with van der Waals surface area (Å²) in [7, 11) is 0. The van der Waals surface area contributed by atoms with Gasteiger partial charge in [-0.05, 0) is 30.7 Å². The molecule has 1 aromatic carbocycles. The van der Waals surface area contributed by atoms with Crippen molar-refractivity contribution in [2.75, 3.05) is 10.6 Å². The Labute approximate surface area is 110 Å². The lowest BCUT2D eigenvalue weighted by molar-refractivity contribution is -0.114. The van der Waals surface area contributed by atoms with Gasteiger partial charge in [-0.3, -0.25) is 9.59 Å². The van der Waals surface area contributed by atoms with Gasteiger partial charge < -0.3 is 15.1 Å². The van der Waals surface area contributed by atoms with Crippen LogP contribution in [0.4, 0.5) is 11.4 Å². The molecule has 0 saturated carbocycles. The van der Waals surface area contributed by atoms with E-state index in [1.807, 2.05) is 6.92 Å². The SMILES string of the molecule is CC(=O)Nc1cccc(NC(=O)c2ccoc2)c1C. The molecule has 2 rings (SSSR count). The fourth-order valence-corrected chi connectivity index (χ4v) is 1.68. The minimum atomic E-state index is -0.253. The van der Waals surface area contributed by atoms with Gasteiger partial charge in [-0.25, -0.2) is 0 Å². The minimum absolute atomic E-state index is 0.151. The number of amides is 2. The van der Waals surface area contributed by atoms with Crippen molar-refractivity contribution in [2.45, 2.75) is 13.8 Å². The molecule has 2 N–H and O–H groups in total. The molecular weight excluding hydrogens is 244 g/mol. The van der Waals surface area contributed by atoms with E-state index in [0.717, 1.165) is 5.56 Å². The van der Waals surface area contributed by atoms with Crippen LogP contribution < -0.4 is 10.6 Å². The highest BCUT2D eigenvalue weighted by molar-refractivity contribution is 6.05. The second-order valence-electron chi connectivity index (χ2n) is 4.13. The Bertz CT molecular complexity index is 603. The number of furan rings is 1. The van der Waals surface area contributed by atoms with Crippen LogP contribution in [0.15, 0.2) is 41.2 Å². The first-order valence-corrected chi connectivity index (χ1v) is 5.78. The maximum absolute atomic E-state index is 11.9. The van der Waals surface area contributed by atoms with Gasteiger partial charge in [0.05, 0.1) is 11.8 Å². The van der Waals surface area contributed by atoms with Gasteiger partial charge in [0.1, 0.15) is 6.26 Å². The van der Waals surface area contributed by atoms with Crippen molar-refractivity contribution in [3.05, 3.63) is 47.9 Å². The largest absolute Gasteiger partial charge is 0.472 e. The van der Waals surface area contributed by atoms with Crippen LogP contribution in [0.3, 0.4) is 0 Å². The van der Waals surface area contributed by atoms with E-state index in [9.17, 15) is 9.59 Å². The molecular formula is C14H14N2O3. The van der Waals surface area contributed by atoms with Gasteiger partial charge in [-0.2, -0.15) is 0 Å². The molecule has 1 heterocycles. The van der Waals surface area contributed by atoms with Crippen molar-refractivity contribution in [2.24, 2.45) is 0 Å². The molecule has 0 radical (unpaired) electrons. The quantitative estimate of drug-likeness (QED) is 0.889. The van der Waals surface area contributed by atoms with Gasteiger partial charge in [0, 0.05) is 18.3 Å². The summed E-state index contributed by atoms with van der Waals surface area (Å²) in [5, 5.41) is 5.49. The average Bonchev–Trinajstić information content (AvgIpc) is 2.87. The summed E-state index contributed by atoms with van der Waals surface area (Å²) in [5.41, 5.74) is 2.58. The van der Waals surface area contributed by atoms with Gasteiger partial charge in [-0.15, -0.1) is 0 Å². The molecule has 0 spiro atoms. The van der Waals surface area contributed by atoms with Crippen LogP contribution >= 0.6 is 0 Å². The van der Waals surface area contributed by atoms with Crippen molar-refractivity contribution in [1.29, 1.82) is 0 Å². The van der Waals surface area contributed by atoms with E-state index in [1.165, 1.54) is 19.5 Å². The lowest BCUT2D eigenvalue weighted by Gasteiger charge is -2.12. The molecule has 0 bridgehead atoms. The van der Waals surface area contributed by atoms with E-state index >= 15 is 0 Å². The molecule has 5 nitrogen and oxygen atoms in total. The van der Waals surface area contributed by atoms with E-state index in [1.54, 1.807) is 24.3 Å². The number of anilines is 2. The smallest absolute Gasteiger partial charge is 0.258 e. The van der Waals surface area contributed by atoms with Crippen LogP contribution in [0, 0.1) is 6.92 Å². The summed E-state index contributed by atoms with van der Waals surface area (Å²) in [6.45, 7) is 3.27. The van der Waals surface area contributed by atoms with Gasteiger partial charge in [-0.1, -0.05) is 6.07 Å². The second kappa shape index (κ2) is 5.39. The van der Waals surface area contributed by atoms with Gasteiger partial charge in [0.25, 0.3) is 5.91 Å². The van der Waals surface area contributed by atoms with E-state index in [-0.39, 0.29) is 11.8 Å². The Morgan fingerprint density at radius 1 is 1.11 bits per heavy atom. The third-order valence-electron chi connectivity index (χ3n) is 2.68. The maximum Gasteiger partial charge on any atom is 0.258 e. The number of carbonyl (C=O) groups excluding carboxylic acids is 2. The second-order valence-corrected chi connectivity index (χ2v) is 4.13. The van der Waals surface area contributed by atoms with Crippen LogP contribution in [0.1, 0.15) is 22.8 Å². The third-order valence-corrected chi connectivity index (χ3v) is 2.68. The fourth-order valence-electron chi connectivity index (χ4n) is 1.68. The first kappa shape index (κ1) is 12.9. The molecule has 1 aromatic heterocycles. The minimum Gasteiger partial charge on any atom is -0.472 e. The number of rotatable bonds is 3. The predicted octanol–water partition coefficient (Wildman–Crippen LogP) is 2.80. The number of benzene rings is 1. The number of carbonyl (C=O) groups is 2. The van der Waals surface area contributed by atoms with E-state index in [0.29, 0.717) is 16.9 Å². The Morgan fingerprint density at radius 3 is 2.37 bits per heavy atom. The monoisotopic (exact) mass is 258 g/mol. The summed E-state index contributed by atoms with van der Waals surface area (Å²) in [4.78, 5) is 23.0. The molecule has 2 amide bonds. The Balaban J connectivity index is 2.21. The van der Waals surface area contributed by atoms with Crippen molar-refractivity contribution >= 4 is 23.2 Å². The molecule has 98 valence electrons. The normalized spacial score (nSPS) is 10.0. The van der Waals surface area contributed by atoms with Crippen LogP contribution in [0.2, 0.25) is 0 Å². The molecule has 0 aliphatic rings. The fraction of sp³-hybridized carbons (Fsp3) is 0.143. The van der Waals surface area contributed by atoms with Crippen LogP contribution in [0.25, 0.3) is 0 Å². The van der Waals surface area contributed by atoms with Gasteiger partial charge >= 0.3 is 0 Å². The summed E-state index contributed by atoms with van der Waals surface area (Å²) >= 11 is 0. The van der Waals surface area contributed by atoms with E-state index in [4.69, 9.17) is 4.42 Å². The lowest BCUT2D eigenvalue weighted by Crippen LogP contribution is -2.13. The zero-order chi connectivity index (χ0) is 13.8. The predicted molar refractivity (Wildman–Crippen MR) is 72.1 cm³/mol.